The van der Waals surface area contributed by atoms with Gasteiger partial charge in [0.2, 0.25) is 0 Å². The van der Waals surface area contributed by atoms with Gasteiger partial charge in [0.25, 0.3) is 0 Å². The Morgan fingerprint density at radius 1 is 1.26 bits per heavy atom. The molecule has 19 heavy (non-hydrogen) atoms. The van der Waals surface area contributed by atoms with Crippen LogP contribution in [0.2, 0.25) is 0 Å². The van der Waals surface area contributed by atoms with E-state index in [1.165, 1.54) is 0 Å². The van der Waals surface area contributed by atoms with Crippen molar-refractivity contribution in [2.75, 3.05) is 33.4 Å². The van der Waals surface area contributed by atoms with Crippen molar-refractivity contribution in [3.8, 4) is 11.5 Å². The molecule has 1 rings (SSSR count). The minimum atomic E-state index is 0.124. The smallest absolute Gasteiger partial charge is 0.123 e. The van der Waals surface area contributed by atoms with Crippen LogP contribution in [0.15, 0.2) is 24.3 Å². The molecule has 4 heteroatoms. The summed E-state index contributed by atoms with van der Waals surface area (Å²) in [7, 11) is 1.72. The molecule has 1 aromatic rings. The lowest BCUT2D eigenvalue weighted by Crippen LogP contribution is -2.30. The van der Waals surface area contributed by atoms with Gasteiger partial charge in [0.05, 0.1) is 6.61 Å². The van der Waals surface area contributed by atoms with Crippen molar-refractivity contribution in [3.05, 3.63) is 24.3 Å². The van der Waals surface area contributed by atoms with Gasteiger partial charge in [-0.05, 0) is 38.9 Å². The summed E-state index contributed by atoms with van der Waals surface area (Å²) >= 11 is 0. The third kappa shape index (κ3) is 7.03. The molecule has 108 valence electrons. The van der Waals surface area contributed by atoms with Crippen LogP contribution in [-0.2, 0) is 4.74 Å². The summed E-state index contributed by atoms with van der Waals surface area (Å²) in [5.74, 6) is 1.69. The average molecular weight is 267 g/mol. The van der Waals surface area contributed by atoms with Crippen molar-refractivity contribution in [1.29, 1.82) is 0 Å². The average Bonchev–Trinajstić information content (AvgIpc) is 2.39. The third-order valence-electron chi connectivity index (χ3n) is 2.59. The van der Waals surface area contributed by atoms with Crippen LogP contribution in [-0.4, -0.2) is 39.5 Å². The van der Waals surface area contributed by atoms with Crippen LogP contribution in [0.5, 0.6) is 11.5 Å². The minimum Gasteiger partial charge on any atom is -0.494 e. The molecule has 0 aliphatic rings. The summed E-state index contributed by atoms with van der Waals surface area (Å²) in [6, 6.07) is 7.75. The van der Waals surface area contributed by atoms with Crippen molar-refractivity contribution in [2.45, 2.75) is 26.4 Å². The van der Waals surface area contributed by atoms with Crippen molar-refractivity contribution in [1.82, 2.24) is 5.32 Å². The Balaban J connectivity index is 2.27. The zero-order valence-corrected chi connectivity index (χ0v) is 12.1. The molecule has 0 fully saturated rings. The highest BCUT2D eigenvalue weighted by Gasteiger charge is 2.04. The molecule has 0 saturated heterocycles. The summed E-state index contributed by atoms with van der Waals surface area (Å²) in [5, 5.41) is 3.34. The first-order valence-electron chi connectivity index (χ1n) is 6.85. The highest BCUT2D eigenvalue weighted by atomic mass is 16.5. The number of hydrogen-bond donors (Lipinski definition) is 1. The van der Waals surface area contributed by atoms with Crippen LogP contribution < -0.4 is 14.8 Å². The van der Waals surface area contributed by atoms with E-state index in [4.69, 9.17) is 14.2 Å². The molecule has 4 nitrogen and oxygen atoms in total. The summed E-state index contributed by atoms with van der Waals surface area (Å²) < 4.78 is 16.3. The molecule has 0 bridgehead atoms. The maximum absolute atomic E-state index is 5.83. The predicted octanol–water partition coefficient (Wildman–Crippen LogP) is 2.48. The third-order valence-corrected chi connectivity index (χ3v) is 2.59. The van der Waals surface area contributed by atoms with E-state index in [1.807, 2.05) is 31.2 Å². The van der Waals surface area contributed by atoms with Gasteiger partial charge in [0.1, 0.15) is 17.6 Å². The van der Waals surface area contributed by atoms with Gasteiger partial charge in [-0.2, -0.15) is 0 Å². The topological polar surface area (TPSA) is 39.7 Å². The zero-order valence-electron chi connectivity index (χ0n) is 12.1. The lowest BCUT2D eigenvalue weighted by atomic mass is 10.3. The number of methoxy groups -OCH3 is 1. The largest absolute Gasteiger partial charge is 0.494 e. The molecular weight excluding hydrogens is 242 g/mol. The summed E-state index contributed by atoms with van der Waals surface area (Å²) in [6.45, 7) is 7.25. The van der Waals surface area contributed by atoms with E-state index in [9.17, 15) is 0 Å². The number of nitrogens with one attached hydrogen (secondary N) is 1. The lowest BCUT2D eigenvalue weighted by Gasteiger charge is -2.16. The van der Waals surface area contributed by atoms with Crippen LogP contribution in [0.1, 0.15) is 20.3 Å². The van der Waals surface area contributed by atoms with Gasteiger partial charge in [-0.1, -0.05) is 6.07 Å². The number of rotatable bonds is 10. The second kappa shape index (κ2) is 9.64. The summed E-state index contributed by atoms with van der Waals surface area (Å²) in [5.41, 5.74) is 0. The Morgan fingerprint density at radius 2 is 2.05 bits per heavy atom. The second-order valence-corrected chi connectivity index (χ2v) is 4.39. The molecule has 0 spiro atoms. The standard InChI is InChI=1S/C15H25NO3/c1-4-18-14-7-5-8-15(11-14)19-13(2)12-16-9-6-10-17-3/h5,7-8,11,13,16H,4,6,9-10,12H2,1-3H3. The van der Waals surface area contributed by atoms with Crippen molar-refractivity contribution >= 4 is 0 Å². The number of hydrogen-bond acceptors (Lipinski definition) is 4. The Kier molecular flexibility index (Phi) is 8.02. The molecule has 0 amide bonds. The van der Waals surface area contributed by atoms with Gasteiger partial charge in [-0.25, -0.2) is 0 Å². The van der Waals surface area contributed by atoms with E-state index >= 15 is 0 Å². The molecule has 0 radical (unpaired) electrons. The fraction of sp³-hybridized carbons (Fsp3) is 0.600. The monoisotopic (exact) mass is 267 g/mol. The molecule has 1 atom stereocenters. The van der Waals surface area contributed by atoms with Crippen LogP contribution in [0.3, 0.4) is 0 Å². The molecule has 0 aliphatic heterocycles. The first-order valence-corrected chi connectivity index (χ1v) is 6.85. The van der Waals surface area contributed by atoms with Gasteiger partial charge in [-0.15, -0.1) is 0 Å². The predicted molar refractivity (Wildman–Crippen MR) is 77.1 cm³/mol. The molecule has 1 unspecified atom stereocenters. The molecule has 0 heterocycles. The highest BCUT2D eigenvalue weighted by molar-refractivity contribution is 5.33. The van der Waals surface area contributed by atoms with Gasteiger partial charge in [0, 0.05) is 26.3 Å². The van der Waals surface area contributed by atoms with E-state index in [1.54, 1.807) is 7.11 Å². The minimum absolute atomic E-state index is 0.124. The Morgan fingerprint density at radius 3 is 2.79 bits per heavy atom. The lowest BCUT2D eigenvalue weighted by molar-refractivity contribution is 0.188. The number of benzene rings is 1. The van der Waals surface area contributed by atoms with Crippen LogP contribution in [0.4, 0.5) is 0 Å². The maximum Gasteiger partial charge on any atom is 0.123 e. The van der Waals surface area contributed by atoms with E-state index < -0.39 is 0 Å². The summed E-state index contributed by atoms with van der Waals surface area (Å²) in [4.78, 5) is 0. The second-order valence-electron chi connectivity index (χ2n) is 4.39. The summed E-state index contributed by atoms with van der Waals surface area (Å²) in [6.07, 6.45) is 1.14. The molecule has 0 aromatic heterocycles. The van der Waals surface area contributed by atoms with Gasteiger partial charge >= 0.3 is 0 Å². The Labute approximate surface area is 116 Å². The van der Waals surface area contributed by atoms with E-state index in [2.05, 4.69) is 12.2 Å². The quantitative estimate of drug-likeness (QED) is 0.661. The Bertz CT molecular complexity index is 344. The first-order chi connectivity index (χ1) is 9.26. The molecular formula is C15H25NO3. The van der Waals surface area contributed by atoms with E-state index in [0.29, 0.717) is 6.61 Å². The highest BCUT2D eigenvalue weighted by Crippen LogP contribution is 2.20. The molecule has 0 aliphatic carbocycles. The van der Waals surface area contributed by atoms with Gasteiger partial charge < -0.3 is 19.5 Å². The van der Waals surface area contributed by atoms with Crippen LogP contribution in [0.25, 0.3) is 0 Å². The molecule has 1 aromatic carbocycles. The SMILES string of the molecule is CCOc1cccc(OC(C)CNCCCOC)c1. The number of ether oxygens (including phenoxy) is 3. The molecule has 1 N–H and O–H groups in total. The fourth-order valence-corrected chi connectivity index (χ4v) is 1.72. The van der Waals surface area contributed by atoms with Crippen molar-refractivity contribution in [2.24, 2.45) is 0 Å². The van der Waals surface area contributed by atoms with Crippen LogP contribution in [0, 0.1) is 0 Å². The van der Waals surface area contributed by atoms with E-state index in [-0.39, 0.29) is 6.10 Å². The van der Waals surface area contributed by atoms with Gasteiger partial charge in [0.15, 0.2) is 0 Å². The van der Waals surface area contributed by atoms with E-state index in [0.717, 1.165) is 37.6 Å². The zero-order chi connectivity index (χ0) is 13.9. The maximum atomic E-state index is 5.83. The van der Waals surface area contributed by atoms with Crippen molar-refractivity contribution in [3.63, 3.8) is 0 Å². The first kappa shape index (κ1) is 15.8. The van der Waals surface area contributed by atoms with Gasteiger partial charge in [-0.3, -0.25) is 0 Å². The molecule has 0 saturated carbocycles. The Hall–Kier alpha value is -1.26. The normalized spacial score (nSPS) is 12.2. The fourth-order valence-electron chi connectivity index (χ4n) is 1.72. The van der Waals surface area contributed by atoms with Crippen LogP contribution >= 0.6 is 0 Å². The van der Waals surface area contributed by atoms with Crippen molar-refractivity contribution < 1.29 is 14.2 Å².